The van der Waals surface area contributed by atoms with Crippen LogP contribution in [0.5, 0.6) is 0 Å². The maximum Gasteiger partial charge on any atom is 0.488 e. The standard InChI is InChI=1S/C7H9BO2.C4H7NO/c1-6-3-2-4-7(5-6)8(9)10;1-3(2)4(5)6/h2-5,9-10H,1H3;1H2,2H3,(H2,5,6). The second-order valence-electron chi connectivity index (χ2n) is 3.43. The number of hydrogen-bond acceptors (Lipinski definition) is 3. The van der Waals surface area contributed by atoms with E-state index in [1.807, 2.05) is 13.0 Å². The van der Waals surface area contributed by atoms with E-state index >= 15 is 0 Å². The number of rotatable bonds is 2. The molecule has 5 heteroatoms. The van der Waals surface area contributed by atoms with Gasteiger partial charge < -0.3 is 15.8 Å². The third-order valence-electron chi connectivity index (χ3n) is 1.76. The molecule has 1 rings (SSSR count). The smallest absolute Gasteiger partial charge is 0.423 e. The van der Waals surface area contributed by atoms with Crippen molar-refractivity contribution in [3.63, 3.8) is 0 Å². The van der Waals surface area contributed by atoms with Crippen molar-refractivity contribution < 1.29 is 14.8 Å². The molecule has 0 aliphatic carbocycles. The molecule has 0 unspecified atom stereocenters. The molecule has 0 spiro atoms. The summed E-state index contributed by atoms with van der Waals surface area (Å²) in [5.41, 5.74) is 6.67. The maximum atomic E-state index is 9.82. The van der Waals surface area contributed by atoms with Crippen molar-refractivity contribution in [3.8, 4) is 0 Å². The Labute approximate surface area is 95.6 Å². The molecule has 0 aliphatic rings. The summed E-state index contributed by atoms with van der Waals surface area (Å²) in [5, 5.41) is 17.4. The average molecular weight is 221 g/mol. The predicted molar refractivity (Wildman–Crippen MR) is 65.0 cm³/mol. The first-order valence-corrected chi connectivity index (χ1v) is 4.72. The highest BCUT2D eigenvalue weighted by Crippen LogP contribution is 1.92. The first-order chi connectivity index (χ1) is 7.34. The van der Waals surface area contributed by atoms with Gasteiger partial charge in [0.2, 0.25) is 5.91 Å². The third kappa shape index (κ3) is 6.00. The molecule has 1 aromatic carbocycles. The fourth-order valence-corrected chi connectivity index (χ4v) is 0.831. The number of amides is 1. The molecule has 4 N–H and O–H groups in total. The van der Waals surface area contributed by atoms with E-state index in [2.05, 4.69) is 6.58 Å². The number of carbonyl (C=O) groups is 1. The molecule has 86 valence electrons. The van der Waals surface area contributed by atoms with E-state index in [1.54, 1.807) is 25.1 Å². The zero-order valence-corrected chi connectivity index (χ0v) is 9.47. The highest BCUT2D eigenvalue weighted by molar-refractivity contribution is 6.58. The molecule has 16 heavy (non-hydrogen) atoms. The van der Waals surface area contributed by atoms with E-state index in [4.69, 9.17) is 15.8 Å². The largest absolute Gasteiger partial charge is 0.488 e. The van der Waals surface area contributed by atoms with Gasteiger partial charge in [-0.05, 0) is 19.3 Å². The first kappa shape index (κ1) is 14.4. The molecule has 0 aliphatic heterocycles. The van der Waals surface area contributed by atoms with Crippen LogP contribution in [0.4, 0.5) is 0 Å². The van der Waals surface area contributed by atoms with Crippen molar-refractivity contribution in [2.45, 2.75) is 13.8 Å². The molecule has 0 bridgehead atoms. The van der Waals surface area contributed by atoms with Gasteiger partial charge in [-0.1, -0.05) is 36.4 Å². The molecule has 0 radical (unpaired) electrons. The van der Waals surface area contributed by atoms with Crippen LogP contribution in [0.15, 0.2) is 36.4 Å². The minimum Gasteiger partial charge on any atom is -0.423 e. The summed E-state index contributed by atoms with van der Waals surface area (Å²) in [5.74, 6) is -0.435. The molecule has 0 heterocycles. The zero-order valence-electron chi connectivity index (χ0n) is 9.47. The normalized spacial score (nSPS) is 8.75. The van der Waals surface area contributed by atoms with Gasteiger partial charge in [-0.2, -0.15) is 0 Å². The Bertz CT molecular complexity index is 365. The predicted octanol–water partition coefficient (Wildman–Crippen LogP) is -0.277. The van der Waals surface area contributed by atoms with Gasteiger partial charge >= 0.3 is 7.12 Å². The molecule has 1 aromatic rings. The van der Waals surface area contributed by atoms with Crippen molar-refractivity contribution in [2.24, 2.45) is 5.73 Å². The zero-order chi connectivity index (χ0) is 12.7. The van der Waals surface area contributed by atoms with E-state index in [1.165, 1.54) is 0 Å². The van der Waals surface area contributed by atoms with Gasteiger partial charge in [0.25, 0.3) is 0 Å². The van der Waals surface area contributed by atoms with Crippen molar-refractivity contribution >= 4 is 18.5 Å². The van der Waals surface area contributed by atoms with Crippen LogP contribution in [0.25, 0.3) is 0 Å². The summed E-state index contributed by atoms with van der Waals surface area (Å²) in [4.78, 5) is 9.82. The Morgan fingerprint density at radius 2 is 1.94 bits per heavy atom. The fraction of sp³-hybridized carbons (Fsp3) is 0.182. The van der Waals surface area contributed by atoms with Gasteiger partial charge in [0.1, 0.15) is 0 Å². The van der Waals surface area contributed by atoms with Crippen LogP contribution in [0.1, 0.15) is 12.5 Å². The van der Waals surface area contributed by atoms with Gasteiger partial charge in [0, 0.05) is 5.57 Å². The lowest BCUT2D eigenvalue weighted by atomic mass is 9.80. The highest BCUT2D eigenvalue weighted by Gasteiger charge is 2.08. The summed E-state index contributed by atoms with van der Waals surface area (Å²) in [6.45, 7) is 6.76. The molecule has 4 nitrogen and oxygen atoms in total. The first-order valence-electron chi connectivity index (χ1n) is 4.72. The SMILES string of the molecule is C=C(C)C(N)=O.Cc1cccc(B(O)O)c1. The lowest BCUT2D eigenvalue weighted by Crippen LogP contribution is -2.29. The molecule has 1 amide bonds. The lowest BCUT2D eigenvalue weighted by Gasteiger charge is -1.98. The molecule has 0 atom stereocenters. The topological polar surface area (TPSA) is 83.6 Å². The Morgan fingerprint density at radius 1 is 1.44 bits per heavy atom. The monoisotopic (exact) mass is 221 g/mol. The lowest BCUT2D eigenvalue weighted by molar-refractivity contribution is -0.114. The van der Waals surface area contributed by atoms with Crippen LogP contribution in [-0.4, -0.2) is 23.1 Å². The maximum absolute atomic E-state index is 9.82. The Balaban J connectivity index is 0.000000325. The van der Waals surface area contributed by atoms with Crippen LogP contribution in [0, 0.1) is 6.92 Å². The van der Waals surface area contributed by atoms with Crippen LogP contribution < -0.4 is 11.2 Å². The molecule has 0 saturated carbocycles. The van der Waals surface area contributed by atoms with Gasteiger partial charge in [-0.15, -0.1) is 0 Å². The second kappa shape index (κ2) is 6.82. The minimum atomic E-state index is -1.35. The third-order valence-corrected chi connectivity index (χ3v) is 1.76. The van der Waals surface area contributed by atoms with Crippen molar-refractivity contribution in [1.82, 2.24) is 0 Å². The van der Waals surface area contributed by atoms with Crippen LogP contribution in [0.3, 0.4) is 0 Å². The summed E-state index contributed by atoms with van der Waals surface area (Å²) in [6.07, 6.45) is 0. The number of aryl methyl sites for hydroxylation is 1. The molecule has 0 fully saturated rings. The number of nitrogens with two attached hydrogens (primary N) is 1. The Hall–Kier alpha value is -1.59. The summed E-state index contributed by atoms with van der Waals surface area (Å²) in [7, 11) is -1.35. The summed E-state index contributed by atoms with van der Waals surface area (Å²) in [6, 6.07) is 7.12. The van der Waals surface area contributed by atoms with Crippen molar-refractivity contribution in [2.75, 3.05) is 0 Å². The van der Waals surface area contributed by atoms with Crippen molar-refractivity contribution in [1.29, 1.82) is 0 Å². The van der Waals surface area contributed by atoms with Crippen LogP contribution in [0.2, 0.25) is 0 Å². The molecular weight excluding hydrogens is 205 g/mol. The second-order valence-corrected chi connectivity index (χ2v) is 3.43. The van der Waals surface area contributed by atoms with Crippen molar-refractivity contribution in [3.05, 3.63) is 42.0 Å². The number of carbonyl (C=O) groups excluding carboxylic acids is 1. The van der Waals surface area contributed by atoms with Gasteiger partial charge in [0.15, 0.2) is 0 Å². The summed E-state index contributed by atoms with van der Waals surface area (Å²) < 4.78 is 0. The van der Waals surface area contributed by atoms with E-state index in [0.29, 0.717) is 11.0 Å². The van der Waals surface area contributed by atoms with E-state index in [-0.39, 0.29) is 0 Å². The van der Waals surface area contributed by atoms with Crippen LogP contribution in [-0.2, 0) is 4.79 Å². The van der Waals surface area contributed by atoms with E-state index in [0.717, 1.165) is 5.56 Å². The van der Waals surface area contributed by atoms with E-state index < -0.39 is 13.0 Å². The Kier molecular flexibility index (Phi) is 6.14. The van der Waals surface area contributed by atoms with Gasteiger partial charge in [-0.25, -0.2) is 0 Å². The quantitative estimate of drug-likeness (QED) is 0.474. The van der Waals surface area contributed by atoms with E-state index in [9.17, 15) is 4.79 Å². The van der Waals surface area contributed by atoms with Gasteiger partial charge in [-0.3, -0.25) is 4.79 Å². The molecule has 0 aromatic heterocycles. The Morgan fingerprint density at radius 3 is 2.19 bits per heavy atom. The average Bonchev–Trinajstić information content (AvgIpc) is 2.18. The molecular formula is C11H16BNO3. The van der Waals surface area contributed by atoms with Crippen LogP contribution >= 0.6 is 0 Å². The summed E-state index contributed by atoms with van der Waals surface area (Å²) >= 11 is 0. The number of primary amides is 1. The molecule has 0 saturated heterocycles. The number of hydrogen-bond donors (Lipinski definition) is 3. The number of benzene rings is 1. The highest BCUT2D eigenvalue weighted by atomic mass is 16.4. The van der Waals surface area contributed by atoms with Gasteiger partial charge in [0.05, 0.1) is 0 Å². The fourth-order valence-electron chi connectivity index (χ4n) is 0.831. The minimum absolute atomic E-state index is 0.398.